The van der Waals surface area contributed by atoms with Crippen molar-refractivity contribution in [1.29, 1.82) is 0 Å². The molecule has 0 radical (unpaired) electrons. The van der Waals surface area contributed by atoms with Crippen LogP contribution in [0.1, 0.15) is 115 Å². The van der Waals surface area contributed by atoms with Gasteiger partial charge < -0.3 is 5.11 Å². The normalized spacial score (nSPS) is 11.2. The summed E-state index contributed by atoms with van der Waals surface area (Å²) in [5.41, 5.74) is 4.16. The molecule has 1 nitrogen and oxygen atoms in total. The first-order valence-electron chi connectivity index (χ1n) is 11.1. The summed E-state index contributed by atoms with van der Waals surface area (Å²) in [5.74, 6) is 0.533. The van der Waals surface area contributed by atoms with Crippen LogP contribution >= 0.6 is 0 Å². The van der Waals surface area contributed by atoms with Crippen LogP contribution in [0, 0.1) is 0 Å². The van der Waals surface area contributed by atoms with Crippen molar-refractivity contribution >= 4 is 0 Å². The molecule has 1 rings (SSSR count). The highest BCUT2D eigenvalue weighted by Crippen LogP contribution is 2.29. The van der Waals surface area contributed by atoms with Crippen molar-refractivity contribution in [3.8, 4) is 5.75 Å². The van der Waals surface area contributed by atoms with Crippen LogP contribution in [-0.4, -0.2) is 5.11 Å². The number of phenolic OH excluding ortho intramolecular Hbond substituents is 1. The van der Waals surface area contributed by atoms with Gasteiger partial charge in [0, 0.05) is 0 Å². The maximum Gasteiger partial charge on any atom is 0.119 e. The zero-order chi connectivity index (χ0) is 18.3. The average Bonchev–Trinajstić information content (AvgIpc) is 2.62. The van der Waals surface area contributed by atoms with Gasteiger partial charge in [-0.3, -0.25) is 0 Å². The molecule has 0 aliphatic heterocycles. The molecule has 0 bridgehead atoms. The Kier molecular flexibility index (Phi) is 12.5. The molecule has 25 heavy (non-hydrogen) atoms. The fourth-order valence-corrected chi connectivity index (χ4v) is 3.81. The lowest BCUT2D eigenvalue weighted by Gasteiger charge is -2.16. The Morgan fingerprint density at radius 1 is 0.600 bits per heavy atom. The standard InChI is InChI=1S/C24H42O/c1-4-7-9-11-12-13-14-16-18-23-22(17-15-10-8-5-2)21(6-3)19-20-24(23)25/h19-20,25H,4-18H2,1-3H3. The summed E-state index contributed by atoms with van der Waals surface area (Å²) in [4.78, 5) is 0. The molecule has 0 saturated carbocycles. The van der Waals surface area contributed by atoms with Crippen LogP contribution in [0.5, 0.6) is 5.75 Å². The molecule has 144 valence electrons. The molecule has 0 fully saturated rings. The predicted octanol–water partition coefficient (Wildman–Crippen LogP) is 7.76. The predicted molar refractivity (Wildman–Crippen MR) is 112 cm³/mol. The Hall–Kier alpha value is -0.980. The number of aryl methyl sites for hydroxylation is 1. The molecule has 1 heteroatoms. The Morgan fingerprint density at radius 2 is 1.08 bits per heavy atom. The minimum atomic E-state index is 0.533. The minimum Gasteiger partial charge on any atom is -0.508 e. The van der Waals surface area contributed by atoms with Crippen LogP contribution in [0.25, 0.3) is 0 Å². The van der Waals surface area contributed by atoms with Crippen molar-refractivity contribution < 1.29 is 5.11 Å². The van der Waals surface area contributed by atoms with Gasteiger partial charge in [-0.2, -0.15) is 0 Å². The first-order valence-corrected chi connectivity index (χ1v) is 11.1. The van der Waals surface area contributed by atoms with E-state index in [1.54, 1.807) is 0 Å². The first-order chi connectivity index (χ1) is 12.2. The Labute approximate surface area is 157 Å². The summed E-state index contributed by atoms with van der Waals surface area (Å²) in [6, 6.07) is 4.07. The molecule has 0 spiro atoms. The molecule has 0 aliphatic rings. The largest absolute Gasteiger partial charge is 0.508 e. The van der Waals surface area contributed by atoms with Crippen LogP contribution in [-0.2, 0) is 19.3 Å². The number of hydrogen-bond donors (Lipinski definition) is 1. The lowest BCUT2D eigenvalue weighted by Crippen LogP contribution is -2.01. The smallest absolute Gasteiger partial charge is 0.119 e. The molecular formula is C24H42O. The highest BCUT2D eigenvalue weighted by Gasteiger charge is 2.12. The number of rotatable bonds is 15. The summed E-state index contributed by atoms with van der Waals surface area (Å²) in [7, 11) is 0. The maximum absolute atomic E-state index is 10.4. The monoisotopic (exact) mass is 346 g/mol. The maximum atomic E-state index is 10.4. The van der Waals surface area contributed by atoms with Crippen LogP contribution in [0.2, 0.25) is 0 Å². The molecule has 0 atom stereocenters. The zero-order valence-electron chi connectivity index (χ0n) is 17.2. The molecule has 0 aliphatic carbocycles. The first kappa shape index (κ1) is 22.1. The van der Waals surface area contributed by atoms with Crippen molar-refractivity contribution in [2.75, 3.05) is 0 Å². The molecular weight excluding hydrogens is 304 g/mol. The van der Waals surface area contributed by atoms with Crippen molar-refractivity contribution in [3.05, 3.63) is 28.8 Å². The molecule has 0 amide bonds. The molecule has 0 aromatic heterocycles. The number of aromatic hydroxyl groups is 1. The van der Waals surface area contributed by atoms with Crippen molar-refractivity contribution in [1.82, 2.24) is 0 Å². The number of unbranched alkanes of at least 4 members (excludes halogenated alkanes) is 10. The lowest BCUT2D eigenvalue weighted by atomic mass is 9.90. The molecule has 0 heterocycles. The number of benzene rings is 1. The molecule has 1 N–H and O–H groups in total. The SMILES string of the molecule is CCCCCCCCCCc1c(O)ccc(CC)c1CCCCCC. The van der Waals surface area contributed by atoms with Crippen molar-refractivity contribution in [2.24, 2.45) is 0 Å². The van der Waals surface area contributed by atoms with Crippen molar-refractivity contribution in [2.45, 2.75) is 117 Å². The van der Waals surface area contributed by atoms with E-state index in [9.17, 15) is 5.11 Å². The van der Waals surface area contributed by atoms with Crippen LogP contribution in [0.4, 0.5) is 0 Å². The van der Waals surface area contributed by atoms with Gasteiger partial charge in [-0.15, -0.1) is 0 Å². The summed E-state index contributed by atoms with van der Waals surface area (Å²) < 4.78 is 0. The van der Waals surface area contributed by atoms with E-state index in [0.29, 0.717) is 5.75 Å². The van der Waals surface area contributed by atoms with E-state index >= 15 is 0 Å². The van der Waals surface area contributed by atoms with Gasteiger partial charge in [0.25, 0.3) is 0 Å². The fraction of sp³-hybridized carbons (Fsp3) is 0.750. The third-order valence-electron chi connectivity index (χ3n) is 5.45. The Bertz CT molecular complexity index is 450. The average molecular weight is 347 g/mol. The summed E-state index contributed by atoms with van der Waals surface area (Å²) in [5, 5.41) is 10.4. The summed E-state index contributed by atoms with van der Waals surface area (Å²) >= 11 is 0. The van der Waals surface area contributed by atoms with E-state index in [-0.39, 0.29) is 0 Å². The Morgan fingerprint density at radius 3 is 1.64 bits per heavy atom. The second kappa shape index (κ2) is 14.2. The fourth-order valence-electron chi connectivity index (χ4n) is 3.81. The zero-order valence-corrected chi connectivity index (χ0v) is 17.2. The van der Waals surface area contributed by atoms with E-state index in [2.05, 4.69) is 26.8 Å². The van der Waals surface area contributed by atoms with E-state index in [4.69, 9.17) is 0 Å². The van der Waals surface area contributed by atoms with Gasteiger partial charge in [0.2, 0.25) is 0 Å². The minimum absolute atomic E-state index is 0.533. The van der Waals surface area contributed by atoms with E-state index in [1.165, 1.54) is 93.7 Å². The third kappa shape index (κ3) is 8.79. The topological polar surface area (TPSA) is 20.2 Å². The van der Waals surface area contributed by atoms with E-state index in [1.807, 2.05) is 6.07 Å². The van der Waals surface area contributed by atoms with E-state index < -0.39 is 0 Å². The van der Waals surface area contributed by atoms with Gasteiger partial charge in [0.1, 0.15) is 5.75 Å². The second-order valence-corrected chi connectivity index (χ2v) is 7.59. The second-order valence-electron chi connectivity index (χ2n) is 7.59. The van der Waals surface area contributed by atoms with Crippen LogP contribution in [0.3, 0.4) is 0 Å². The number of phenols is 1. The van der Waals surface area contributed by atoms with Gasteiger partial charge >= 0.3 is 0 Å². The van der Waals surface area contributed by atoms with Gasteiger partial charge in [-0.1, -0.05) is 91.0 Å². The van der Waals surface area contributed by atoms with Gasteiger partial charge in [0.15, 0.2) is 0 Å². The van der Waals surface area contributed by atoms with Gasteiger partial charge in [-0.05, 0) is 54.9 Å². The molecule has 0 unspecified atom stereocenters. The quantitative estimate of drug-likeness (QED) is 0.322. The summed E-state index contributed by atoms with van der Waals surface area (Å²) in [6.07, 6.45) is 19.2. The van der Waals surface area contributed by atoms with Crippen LogP contribution in [0.15, 0.2) is 12.1 Å². The lowest BCUT2D eigenvalue weighted by molar-refractivity contribution is 0.463. The van der Waals surface area contributed by atoms with Crippen molar-refractivity contribution in [3.63, 3.8) is 0 Å². The highest BCUT2D eigenvalue weighted by molar-refractivity contribution is 5.44. The third-order valence-corrected chi connectivity index (χ3v) is 5.45. The van der Waals surface area contributed by atoms with Crippen LogP contribution < -0.4 is 0 Å². The summed E-state index contributed by atoms with van der Waals surface area (Å²) in [6.45, 7) is 6.78. The van der Waals surface area contributed by atoms with Gasteiger partial charge in [-0.25, -0.2) is 0 Å². The van der Waals surface area contributed by atoms with E-state index in [0.717, 1.165) is 19.3 Å². The molecule has 0 saturated heterocycles. The van der Waals surface area contributed by atoms with Gasteiger partial charge in [0.05, 0.1) is 0 Å². The molecule has 1 aromatic carbocycles. The molecule has 1 aromatic rings. The Balaban J connectivity index is 2.49. The highest BCUT2D eigenvalue weighted by atomic mass is 16.3. The number of hydrogen-bond acceptors (Lipinski definition) is 1.